The molecule has 33 heavy (non-hydrogen) atoms. The second-order valence-electron chi connectivity index (χ2n) is 8.39. The molecule has 0 N–H and O–H groups in total. The fourth-order valence-corrected chi connectivity index (χ4v) is 4.46. The summed E-state index contributed by atoms with van der Waals surface area (Å²) in [5.41, 5.74) is 0.448. The zero-order chi connectivity index (χ0) is 23.3. The van der Waals surface area contributed by atoms with E-state index in [1.165, 1.54) is 12.1 Å². The van der Waals surface area contributed by atoms with Crippen molar-refractivity contribution in [3.05, 3.63) is 48.4 Å². The van der Waals surface area contributed by atoms with Gasteiger partial charge in [-0.15, -0.1) is 0 Å². The molecule has 1 saturated carbocycles. The highest BCUT2D eigenvalue weighted by Gasteiger charge is 2.42. The molecule has 172 valence electrons. The Labute approximate surface area is 188 Å². The van der Waals surface area contributed by atoms with Gasteiger partial charge in [0.1, 0.15) is 17.6 Å². The van der Waals surface area contributed by atoms with Crippen molar-refractivity contribution in [3.63, 3.8) is 0 Å². The van der Waals surface area contributed by atoms with E-state index in [4.69, 9.17) is 4.98 Å². The summed E-state index contributed by atoms with van der Waals surface area (Å²) in [5.74, 6) is 1.52. The Hall–Kier alpha value is -3.43. The first kappa shape index (κ1) is 21.4. The number of carbonyl (C=O) groups excluding carboxylic acids is 1. The maximum atomic E-state index is 13.0. The van der Waals surface area contributed by atoms with Crippen LogP contribution in [0.4, 0.5) is 24.7 Å². The second-order valence-corrected chi connectivity index (χ2v) is 8.39. The Balaban J connectivity index is 1.57. The number of alkyl halides is 3. The van der Waals surface area contributed by atoms with Gasteiger partial charge in [-0.25, -0.2) is 9.97 Å². The van der Waals surface area contributed by atoms with Gasteiger partial charge >= 0.3 is 6.18 Å². The molecule has 1 aromatic carbocycles. The van der Waals surface area contributed by atoms with Crippen molar-refractivity contribution in [1.29, 1.82) is 0 Å². The van der Waals surface area contributed by atoms with Crippen molar-refractivity contribution < 1.29 is 18.0 Å². The first-order chi connectivity index (χ1) is 15.8. The van der Waals surface area contributed by atoms with Crippen molar-refractivity contribution in [2.24, 2.45) is 0 Å². The Morgan fingerprint density at radius 1 is 1.12 bits per heavy atom. The van der Waals surface area contributed by atoms with Crippen LogP contribution in [0.5, 0.6) is 0 Å². The number of hydrogen-bond acceptors (Lipinski definition) is 5. The fourth-order valence-electron chi connectivity index (χ4n) is 4.46. The average Bonchev–Trinajstić information content (AvgIpc) is 3.25. The SMILES string of the molecule is CCC1C(=O)N(C)c2cnc(-n3ccnc3-c3ccc(C(F)(F)F)cc3)nc2N1C1CCC1. The number of aromatic nitrogens is 4. The summed E-state index contributed by atoms with van der Waals surface area (Å²) < 4.78 is 40.5. The Morgan fingerprint density at radius 2 is 1.85 bits per heavy atom. The predicted octanol–water partition coefficient (Wildman–Crippen LogP) is 4.46. The van der Waals surface area contributed by atoms with Crippen molar-refractivity contribution in [1.82, 2.24) is 19.5 Å². The van der Waals surface area contributed by atoms with Crippen LogP contribution >= 0.6 is 0 Å². The highest BCUT2D eigenvalue weighted by molar-refractivity contribution is 6.04. The first-order valence-corrected chi connectivity index (χ1v) is 10.9. The molecule has 1 atom stereocenters. The zero-order valence-corrected chi connectivity index (χ0v) is 18.3. The summed E-state index contributed by atoms with van der Waals surface area (Å²) in [7, 11) is 1.73. The molecule has 10 heteroatoms. The minimum absolute atomic E-state index is 0.0290. The van der Waals surface area contributed by atoms with Crippen LogP contribution in [0.25, 0.3) is 17.3 Å². The number of imidazole rings is 1. The number of rotatable bonds is 4. The van der Waals surface area contributed by atoms with E-state index in [-0.39, 0.29) is 18.0 Å². The van der Waals surface area contributed by atoms with Crippen LogP contribution in [-0.4, -0.2) is 44.6 Å². The molecule has 2 aromatic heterocycles. The van der Waals surface area contributed by atoms with Crippen molar-refractivity contribution >= 4 is 17.4 Å². The lowest BCUT2D eigenvalue weighted by atomic mass is 9.88. The highest BCUT2D eigenvalue weighted by atomic mass is 19.4. The molecule has 0 radical (unpaired) electrons. The first-order valence-electron chi connectivity index (χ1n) is 10.9. The molecule has 1 aliphatic heterocycles. The molecule has 0 spiro atoms. The van der Waals surface area contributed by atoms with Crippen LogP contribution in [-0.2, 0) is 11.0 Å². The Kier molecular flexibility index (Phi) is 5.10. The topological polar surface area (TPSA) is 67.2 Å². The van der Waals surface area contributed by atoms with Gasteiger partial charge in [-0.1, -0.05) is 19.1 Å². The number of benzene rings is 1. The smallest absolute Gasteiger partial charge is 0.340 e. The van der Waals surface area contributed by atoms with E-state index in [0.29, 0.717) is 35.3 Å². The molecule has 7 nitrogen and oxygen atoms in total. The van der Waals surface area contributed by atoms with Crippen LogP contribution in [0.2, 0.25) is 0 Å². The third-order valence-electron chi connectivity index (χ3n) is 6.48. The summed E-state index contributed by atoms with van der Waals surface area (Å²) in [4.78, 5) is 30.3. The lowest BCUT2D eigenvalue weighted by Crippen LogP contribution is -2.57. The Bertz CT molecular complexity index is 1190. The highest BCUT2D eigenvalue weighted by Crippen LogP contribution is 2.40. The van der Waals surface area contributed by atoms with Crippen LogP contribution < -0.4 is 9.80 Å². The number of carbonyl (C=O) groups is 1. The van der Waals surface area contributed by atoms with Gasteiger partial charge in [-0.05, 0) is 37.8 Å². The lowest BCUT2D eigenvalue weighted by Gasteiger charge is -2.47. The quantitative estimate of drug-likeness (QED) is 0.580. The second kappa shape index (κ2) is 7.86. The van der Waals surface area contributed by atoms with Gasteiger partial charge in [-0.3, -0.25) is 9.36 Å². The lowest BCUT2D eigenvalue weighted by molar-refractivity contribution is -0.137. The molecular weight excluding hydrogens is 433 g/mol. The molecule has 1 aliphatic carbocycles. The monoisotopic (exact) mass is 456 g/mol. The van der Waals surface area contributed by atoms with E-state index in [1.807, 2.05) is 6.92 Å². The molecule has 1 amide bonds. The summed E-state index contributed by atoms with van der Waals surface area (Å²) in [5, 5.41) is 0. The fraction of sp³-hybridized carbons (Fsp3) is 0.391. The van der Waals surface area contributed by atoms with E-state index in [2.05, 4.69) is 14.9 Å². The van der Waals surface area contributed by atoms with Gasteiger partial charge in [0.25, 0.3) is 0 Å². The Morgan fingerprint density at radius 3 is 2.45 bits per heavy atom. The molecule has 3 aromatic rings. The van der Waals surface area contributed by atoms with Crippen LogP contribution in [0.3, 0.4) is 0 Å². The summed E-state index contributed by atoms with van der Waals surface area (Å²) in [6, 6.07) is 4.82. The normalized spacial score (nSPS) is 18.9. The largest absolute Gasteiger partial charge is 0.416 e. The maximum absolute atomic E-state index is 13.0. The van der Waals surface area contributed by atoms with Gasteiger partial charge in [0.05, 0.1) is 11.8 Å². The molecule has 1 fully saturated rings. The van der Waals surface area contributed by atoms with Gasteiger partial charge < -0.3 is 9.80 Å². The van der Waals surface area contributed by atoms with Gasteiger partial charge in [0.2, 0.25) is 11.9 Å². The summed E-state index contributed by atoms with van der Waals surface area (Å²) >= 11 is 0. The van der Waals surface area contributed by atoms with E-state index in [9.17, 15) is 18.0 Å². The summed E-state index contributed by atoms with van der Waals surface area (Å²) in [6.45, 7) is 1.99. The van der Waals surface area contributed by atoms with Crippen LogP contribution in [0, 0.1) is 0 Å². The van der Waals surface area contributed by atoms with E-state index >= 15 is 0 Å². The van der Waals surface area contributed by atoms with Crippen molar-refractivity contribution in [2.45, 2.75) is 50.9 Å². The number of hydrogen-bond donors (Lipinski definition) is 0. The van der Waals surface area contributed by atoms with Gasteiger partial charge in [0.15, 0.2) is 5.82 Å². The van der Waals surface area contributed by atoms with Crippen LogP contribution in [0.1, 0.15) is 38.2 Å². The van der Waals surface area contributed by atoms with Gasteiger partial charge in [-0.2, -0.15) is 18.2 Å². The van der Waals surface area contributed by atoms with Crippen molar-refractivity contribution in [3.8, 4) is 17.3 Å². The number of anilines is 2. The number of nitrogens with zero attached hydrogens (tertiary/aromatic N) is 6. The third-order valence-corrected chi connectivity index (χ3v) is 6.48. The molecule has 0 bridgehead atoms. The molecule has 2 aliphatic rings. The van der Waals surface area contributed by atoms with Crippen LogP contribution in [0.15, 0.2) is 42.9 Å². The summed E-state index contributed by atoms with van der Waals surface area (Å²) in [6.07, 6.45) is 4.27. The number of fused-ring (bicyclic) bond motifs is 1. The molecular formula is C23H23F3N6O. The minimum Gasteiger partial charge on any atom is -0.340 e. The standard InChI is InChI=1S/C23H23F3N6O/c1-3-17-21(33)30(2)18-13-28-22(29-20(18)32(17)16-5-4-6-16)31-12-11-27-19(31)14-7-9-15(10-8-14)23(24,25)26/h7-13,16-17H,3-6H2,1-2H3. The van der Waals surface area contributed by atoms with Crippen molar-refractivity contribution in [2.75, 3.05) is 16.8 Å². The molecule has 3 heterocycles. The molecule has 1 unspecified atom stereocenters. The number of halogens is 3. The maximum Gasteiger partial charge on any atom is 0.416 e. The predicted molar refractivity (Wildman–Crippen MR) is 117 cm³/mol. The number of likely N-dealkylation sites (N-methyl/N-ethyl adjacent to an activating group) is 1. The average molecular weight is 456 g/mol. The van der Waals surface area contributed by atoms with E-state index in [0.717, 1.165) is 31.4 Å². The minimum atomic E-state index is -4.40. The zero-order valence-electron chi connectivity index (χ0n) is 18.3. The van der Waals surface area contributed by atoms with E-state index in [1.54, 1.807) is 35.1 Å². The van der Waals surface area contributed by atoms with Gasteiger partial charge in [0, 0.05) is 31.0 Å². The third kappa shape index (κ3) is 3.53. The molecule has 0 saturated heterocycles. The molecule has 5 rings (SSSR count). The number of amides is 1. The van der Waals surface area contributed by atoms with E-state index < -0.39 is 11.7 Å².